The second kappa shape index (κ2) is 5.17. The van der Waals surface area contributed by atoms with Crippen molar-refractivity contribution in [3.8, 4) is 0 Å². The summed E-state index contributed by atoms with van der Waals surface area (Å²) in [4.78, 5) is 0. The molecule has 0 aromatic carbocycles. The summed E-state index contributed by atoms with van der Waals surface area (Å²) in [5, 5.41) is 15.2. The van der Waals surface area contributed by atoms with Gasteiger partial charge in [0, 0.05) is 41.6 Å². The Balaban J connectivity index is 1.73. The van der Waals surface area contributed by atoms with Gasteiger partial charge in [-0.1, -0.05) is 0 Å². The highest BCUT2D eigenvalue weighted by Gasteiger charge is 2.23. The van der Waals surface area contributed by atoms with E-state index in [1.165, 1.54) is 29.7 Å². The molecular weight excluding hydrogens is 238 g/mol. The highest BCUT2D eigenvalue weighted by Crippen LogP contribution is 2.29. The molecule has 1 aliphatic rings. The van der Waals surface area contributed by atoms with Gasteiger partial charge in [0.25, 0.3) is 0 Å². The molecule has 5 heteroatoms. The normalized spacial score (nSPS) is 18.5. The first-order valence-electron chi connectivity index (χ1n) is 7.06. The second-order valence-electron chi connectivity index (χ2n) is 5.21. The minimum Gasteiger partial charge on any atom is -0.306 e. The number of aromatic amines is 1. The van der Waals surface area contributed by atoms with Gasteiger partial charge in [-0.05, 0) is 33.1 Å². The third-order valence-electron chi connectivity index (χ3n) is 4.04. The molecule has 1 aliphatic carbocycles. The SMILES string of the molecule is CCn1ncc2c1CCCC2NCc1cn[nH]c1C. The fraction of sp³-hybridized carbons (Fsp3) is 0.571. The quantitative estimate of drug-likeness (QED) is 0.884. The Morgan fingerprint density at radius 2 is 2.37 bits per heavy atom. The fourth-order valence-corrected chi connectivity index (χ4v) is 2.89. The fourth-order valence-electron chi connectivity index (χ4n) is 2.89. The number of hydrogen-bond acceptors (Lipinski definition) is 3. The first kappa shape index (κ1) is 12.4. The number of nitrogens with zero attached hydrogens (tertiary/aromatic N) is 3. The molecule has 5 nitrogen and oxygen atoms in total. The number of fused-ring (bicyclic) bond motifs is 1. The van der Waals surface area contributed by atoms with Crippen molar-refractivity contribution in [1.29, 1.82) is 0 Å². The van der Waals surface area contributed by atoms with Gasteiger partial charge in [-0.2, -0.15) is 10.2 Å². The molecule has 0 spiro atoms. The Morgan fingerprint density at radius 3 is 3.11 bits per heavy atom. The van der Waals surface area contributed by atoms with Crippen molar-refractivity contribution in [3.63, 3.8) is 0 Å². The van der Waals surface area contributed by atoms with Crippen LogP contribution in [0.25, 0.3) is 0 Å². The average Bonchev–Trinajstić information content (AvgIpc) is 3.02. The van der Waals surface area contributed by atoms with Gasteiger partial charge in [0.05, 0.1) is 12.4 Å². The highest BCUT2D eigenvalue weighted by atomic mass is 15.3. The maximum absolute atomic E-state index is 4.49. The summed E-state index contributed by atoms with van der Waals surface area (Å²) in [6.45, 7) is 6.04. The highest BCUT2D eigenvalue weighted by molar-refractivity contribution is 5.25. The molecule has 2 aromatic rings. The molecular formula is C14H21N5. The van der Waals surface area contributed by atoms with Gasteiger partial charge in [0.15, 0.2) is 0 Å². The van der Waals surface area contributed by atoms with Crippen molar-refractivity contribution >= 4 is 0 Å². The van der Waals surface area contributed by atoms with Gasteiger partial charge in [-0.25, -0.2) is 0 Å². The van der Waals surface area contributed by atoms with E-state index in [1.54, 1.807) is 0 Å². The molecule has 0 saturated heterocycles. The first-order chi connectivity index (χ1) is 9.29. The molecule has 0 amide bonds. The first-order valence-corrected chi connectivity index (χ1v) is 7.06. The second-order valence-corrected chi connectivity index (χ2v) is 5.21. The monoisotopic (exact) mass is 259 g/mol. The van der Waals surface area contributed by atoms with Crippen LogP contribution in [-0.4, -0.2) is 20.0 Å². The van der Waals surface area contributed by atoms with Gasteiger partial charge >= 0.3 is 0 Å². The minimum atomic E-state index is 0.429. The molecule has 0 bridgehead atoms. The molecule has 0 aliphatic heterocycles. The molecule has 2 N–H and O–H groups in total. The Hall–Kier alpha value is -1.62. The molecule has 19 heavy (non-hydrogen) atoms. The lowest BCUT2D eigenvalue weighted by atomic mass is 9.93. The molecule has 102 valence electrons. The summed E-state index contributed by atoms with van der Waals surface area (Å²) in [6.07, 6.45) is 7.53. The number of H-pyrrole nitrogens is 1. The Labute approximate surface area is 113 Å². The van der Waals surface area contributed by atoms with Crippen LogP contribution < -0.4 is 5.32 Å². The third-order valence-corrected chi connectivity index (χ3v) is 4.04. The van der Waals surface area contributed by atoms with E-state index < -0.39 is 0 Å². The lowest BCUT2D eigenvalue weighted by Gasteiger charge is -2.24. The summed E-state index contributed by atoms with van der Waals surface area (Å²) >= 11 is 0. The van der Waals surface area contributed by atoms with Crippen LogP contribution in [0.4, 0.5) is 0 Å². The zero-order valence-electron chi connectivity index (χ0n) is 11.6. The molecule has 2 aromatic heterocycles. The van der Waals surface area contributed by atoms with E-state index in [2.05, 4.69) is 39.1 Å². The number of rotatable bonds is 4. The van der Waals surface area contributed by atoms with E-state index in [-0.39, 0.29) is 0 Å². The van der Waals surface area contributed by atoms with Crippen LogP contribution in [0.15, 0.2) is 12.4 Å². The summed E-state index contributed by atoms with van der Waals surface area (Å²) in [5.41, 5.74) is 5.19. The maximum Gasteiger partial charge on any atom is 0.0540 e. The van der Waals surface area contributed by atoms with Crippen LogP contribution in [0.1, 0.15) is 48.3 Å². The van der Waals surface area contributed by atoms with Gasteiger partial charge in [-0.3, -0.25) is 9.78 Å². The summed E-state index contributed by atoms with van der Waals surface area (Å²) in [5.74, 6) is 0. The zero-order valence-corrected chi connectivity index (χ0v) is 11.6. The number of nitrogens with one attached hydrogen (secondary N) is 2. The van der Waals surface area contributed by atoms with Crippen molar-refractivity contribution in [2.24, 2.45) is 0 Å². The smallest absolute Gasteiger partial charge is 0.0540 e. The van der Waals surface area contributed by atoms with Crippen LogP contribution in [0.5, 0.6) is 0 Å². The Kier molecular flexibility index (Phi) is 3.38. The molecule has 0 fully saturated rings. The van der Waals surface area contributed by atoms with Gasteiger partial charge in [-0.15, -0.1) is 0 Å². The van der Waals surface area contributed by atoms with Crippen LogP contribution >= 0.6 is 0 Å². The van der Waals surface area contributed by atoms with E-state index in [1.807, 2.05) is 12.4 Å². The van der Waals surface area contributed by atoms with E-state index in [0.717, 1.165) is 25.2 Å². The summed E-state index contributed by atoms with van der Waals surface area (Å²) < 4.78 is 2.13. The third kappa shape index (κ3) is 2.30. The molecule has 1 unspecified atom stereocenters. The lowest BCUT2D eigenvalue weighted by molar-refractivity contribution is 0.448. The number of hydrogen-bond donors (Lipinski definition) is 2. The summed E-state index contributed by atoms with van der Waals surface area (Å²) in [6, 6.07) is 0.429. The van der Waals surface area contributed by atoms with Crippen molar-refractivity contribution < 1.29 is 0 Å². The average molecular weight is 259 g/mol. The largest absolute Gasteiger partial charge is 0.306 e. The van der Waals surface area contributed by atoms with Crippen LogP contribution in [0.2, 0.25) is 0 Å². The lowest BCUT2D eigenvalue weighted by Crippen LogP contribution is -2.25. The van der Waals surface area contributed by atoms with Crippen molar-refractivity contribution in [1.82, 2.24) is 25.3 Å². The Bertz CT molecular complexity index is 554. The van der Waals surface area contributed by atoms with Gasteiger partial charge < -0.3 is 5.32 Å². The number of aromatic nitrogens is 4. The van der Waals surface area contributed by atoms with Gasteiger partial charge in [0.2, 0.25) is 0 Å². The Morgan fingerprint density at radius 1 is 1.47 bits per heavy atom. The minimum absolute atomic E-state index is 0.429. The van der Waals surface area contributed by atoms with Crippen molar-refractivity contribution in [2.75, 3.05) is 0 Å². The zero-order chi connectivity index (χ0) is 13.2. The van der Waals surface area contributed by atoms with Gasteiger partial charge in [0.1, 0.15) is 0 Å². The molecule has 3 rings (SSSR count). The number of aryl methyl sites for hydroxylation is 2. The summed E-state index contributed by atoms with van der Waals surface area (Å²) in [7, 11) is 0. The molecule has 2 heterocycles. The van der Waals surface area contributed by atoms with Crippen LogP contribution in [-0.2, 0) is 19.5 Å². The standard InChI is InChI=1S/C14H21N5/c1-3-19-14-6-4-5-13(12(14)9-17-19)15-7-11-8-16-18-10(11)2/h8-9,13,15H,3-7H2,1-2H3,(H,16,18). The van der Waals surface area contributed by atoms with E-state index in [0.29, 0.717) is 6.04 Å². The molecule has 0 radical (unpaired) electrons. The van der Waals surface area contributed by atoms with Crippen molar-refractivity contribution in [2.45, 2.75) is 52.2 Å². The predicted octanol–water partition coefficient (Wildman–Crippen LogP) is 2.10. The van der Waals surface area contributed by atoms with Crippen LogP contribution in [0.3, 0.4) is 0 Å². The van der Waals surface area contributed by atoms with Crippen molar-refractivity contribution in [3.05, 3.63) is 34.9 Å². The molecule has 1 atom stereocenters. The maximum atomic E-state index is 4.49. The van der Waals surface area contributed by atoms with E-state index >= 15 is 0 Å². The predicted molar refractivity (Wildman–Crippen MR) is 73.7 cm³/mol. The van der Waals surface area contributed by atoms with E-state index in [4.69, 9.17) is 0 Å². The molecule has 0 saturated carbocycles. The topological polar surface area (TPSA) is 58.5 Å². The van der Waals surface area contributed by atoms with Crippen LogP contribution in [0, 0.1) is 6.92 Å². The van der Waals surface area contributed by atoms with E-state index in [9.17, 15) is 0 Å².